The predicted molar refractivity (Wildman–Crippen MR) is 117 cm³/mol. The van der Waals surface area contributed by atoms with Crippen LogP contribution >= 0.6 is 11.3 Å². The van der Waals surface area contributed by atoms with Gasteiger partial charge in [-0.1, -0.05) is 55.3 Å². The van der Waals surface area contributed by atoms with Gasteiger partial charge >= 0.3 is 0 Å². The molecule has 4 rings (SSSR count). The zero-order chi connectivity index (χ0) is 20.9. The van der Waals surface area contributed by atoms with Crippen LogP contribution in [0.25, 0.3) is 0 Å². The van der Waals surface area contributed by atoms with Gasteiger partial charge < -0.3 is 5.32 Å². The van der Waals surface area contributed by atoms with Gasteiger partial charge in [-0.05, 0) is 48.1 Å². The summed E-state index contributed by atoms with van der Waals surface area (Å²) in [4.78, 5) is 28.9. The van der Waals surface area contributed by atoms with Crippen LogP contribution < -0.4 is 10.2 Å². The summed E-state index contributed by atoms with van der Waals surface area (Å²) in [6.07, 6.45) is 4.05. The van der Waals surface area contributed by atoms with Gasteiger partial charge in [0.1, 0.15) is 11.9 Å². The summed E-state index contributed by atoms with van der Waals surface area (Å²) in [5, 5.41) is 4.93. The molecular formula is C24H23FN2O2S. The van der Waals surface area contributed by atoms with Gasteiger partial charge in [-0.15, -0.1) is 11.3 Å². The first-order valence-electron chi connectivity index (χ1n) is 10.1. The summed E-state index contributed by atoms with van der Waals surface area (Å²) < 4.78 is 14.1. The number of carbonyl (C=O) groups excluding carboxylic acids is 2. The molecule has 30 heavy (non-hydrogen) atoms. The molecular weight excluding hydrogens is 399 g/mol. The average Bonchev–Trinajstić information content (AvgIpc) is 3.46. The zero-order valence-electron chi connectivity index (χ0n) is 16.5. The number of benzene rings is 2. The van der Waals surface area contributed by atoms with E-state index >= 15 is 0 Å². The summed E-state index contributed by atoms with van der Waals surface area (Å²) in [5.41, 5.74) is 1.03. The molecule has 0 aliphatic heterocycles. The minimum absolute atomic E-state index is 0.106. The van der Waals surface area contributed by atoms with E-state index in [1.165, 1.54) is 28.4 Å². The van der Waals surface area contributed by atoms with Crippen LogP contribution in [0.15, 0.2) is 72.1 Å². The summed E-state index contributed by atoms with van der Waals surface area (Å²) in [5.74, 6) is -1.03. The Labute approximate surface area is 179 Å². The first-order valence-corrected chi connectivity index (χ1v) is 11.0. The Morgan fingerprint density at radius 2 is 1.77 bits per heavy atom. The third kappa shape index (κ3) is 4.44. The van der Waals surface area contributed by atoms with Gasteiger partial charge in [0.15, 0.2) is 0 Å². The Kier molecular flexibility index (Phi) is 6.23. The second-order valence-electron chi connectivity index (χ2n) is 7.44. The highest BCUT2D eigenvalue weighted by Gasteiger charge is 2.35. The summed E-state index contributed by atoms with van der Waals surface area (Å²) in [6.45, 7) is 0. The molecule has 3 aromatic rings. The average molecular weight is 423 g/mol. The Hall–Kier alpha value is -2.99. The topological polar surface area (TPSA) is 49.4 Å². The minimum atomic E-state index is -0.900. The maximum atomic E-state index is 14.1. The lowest BCUT2D eigenvalue weighted by Gasteiger charge is -2.32. The fourth-order valence-electron chi connectivity index (χ4n) is 3.93. The molecule has 1 atom stereocenters. The minimum Gasteiger partial charge on any atom is -0.351 e. The van der Waals surface area contributed by atoms with E-state index in [1.807, 2.05) is 35.7 Å². The number of rotatable bonds is 6. The van der Waals surface area contributed by atoms with Crippen molar-refractivity contribution in [3.05, 3.63) is 88.4 Å². The number of hydrogen-bond donors (Lipinski definition) is 1. The van der Waals surface area contributed by atoms with Crippen molar-refractivity contribution in [2.24, 2.45) is 0 Å². The molecule has 1 aromatic heterocycles. The first-order chi connectivity index (χ1) is 14.6. The fraction of sp³-hybridized carbons (Fsp3) is 0.250. The number of nitrogens with one attached hydrogen (secondary N) is 1. The third-order valence-corrected chi connectivity index (χ3v) is 6.22. The van der Waals surface area contributed by atoms with Gasteiger partial charge in [-0.2, -0.15) is 0 Å². The van der Waals surface area contributed by atoms with Crippen LogP contribution in [0.5, 0.6) is 0 Å². The van der Waals surface area contributed by atoms with Crippen molar-refractivity contribution < 1.29 is 14.0 Å². The van der Waals surface area contributed by atoms with E-state index in [0.29, 0.717) is 16.1 Å². The van der Waals surface area contributed by atoms with E-state index in [1.54, 1.807) is 24.3 Å². The van der Waals surface area contributed by atoms with Gasteiger partial charge in [0.25, 0.3) is 5.91 Å². The molecule has 0 unspecified atom stereocenters. The van der Waals surface area contributed by atoms with E-state index in [0.717, 1.165) is 25.7 Å². The fourth-order valence-corrected chi connectivity index (χ4v) is 4.59. The molecule has 2 aromatic carbocycles. The standard InChI is InChI=1S/C24H23FN2O2S/c25-18-10-6-13-20(16-18)27(24(29)21-14-7-15-30-21)22(17-8-2-1-3-9-17)23(28)26-19-11-4-5-12-19/h1-3,6-10,13-16,19,22H,4-5,11-12H2,(H,26,28)/t22-/m0/s1. The van der Waals surface area contributed by atoms with Gasteiger partial charge in [0, 0.05) is 11.7 Å². The first kappa shape index (κ1) is 20.3. The molecule has 1 heterocycles. The van der Waals surface area contributed by atoms with E-state index in [-0.39, 0.29) is 17.9 Å². The summed E-state index contributed by atoms with van der Waals surface area (Å²) in [6, 6.07) is 17.7. The molecule has 0 saturated heterocycles. The molecule has 0 radical (unpaired) electrons. The third-order valence-electron chi connectivity index (χ3n) is 5.36. The van der Waals surface area contributed by atoms with Crippen molar-refractivity contribution in [2.75, 3.05) is 4.90 Å². The summed E-state index contributed by atoms with van der Waals surface area (Å²) >= 11 is 1.30. The molecule has 1 N–H and O–H groups in total. The van der Waals surface area contributed by atoms with Crippen LogP contribution in [-0.2, 0) is 4.79 Å². The van der Waals surface area contributed by atoms with Crippen LogP contribution in [0.2, 0.25) is 0 Å². The van der Waals surface area contributed by atoms with Crippen molar-refractivity contribution in [1.82, 2.24) is 5.32 Å². The van der Waals surface area contributed by atoms with Crippen molar-refractivity contribution in [1.29, 1.82) is 0 Å². The number of halogens is 1. The van der Waals surface area contributed by atoms with Crippen molar-refractivity contribution >= 4 is 28.8 Å². The maximum Gasteiger partial charge on any atom is 0.269 e. The van der Waals surface area contributed by atoms with Crippen LogP contribution in [0.4, 0.5) is 10.1 Å². The lowest BCUT2D eigenvalue weighted by molar-refractivity contribution is -0.123. The monoisotopic (exact) mass is 422 g/mol. The van der Waals surface area contributed by atoms with Crippen molar-refractivity contribution in [2.45, 2.75) is 37.8 Å². The molecule has 1 aliphatic carbocycles. The summed E-state index contributed by atoms with van der Waals surface area (Å²) in [7, 11) is 0. The number of anilines is 1. The molecule has 1 aliphatic rings. The normalized spacial score (nSPS) is 15.0. The number of carbonyl (C=O) groups is 2. The smallest absolute Gasteiger partial charge is 0.269 e. The molecule has 0 bridgehead atoms. The Bertz CT molecular complexity index is 1000. The van der Waals surface area contributed by atoms with Gasteiger partial charge in [-0.3, -0.25) is 14.5 Å². The Morgan fingerprint density at radius 3 is 2.43 bits per heavy atom. The molecule has 154 valence electrons. The van der Waals surface area contributed by atoms with Gasteiger partial charge in [0.2, 0.25) is 5.91 Å². The quantitative estimate of drug-likeness (QED) is 0.583. The maximum absolute atomic E-state index is 14.1. The Balaban J connectivity index is 1.79. The van der Waals surface area contributed by atoms with Gasteiger partial charge in [-0.25, -0.2) is 4.39 Å². The molecule has 0 spiro atoms. The van der Waals surface area contributed by atoms with E-state index < -0.39 is 11.9 Å². The lowest BCUT2D eigenvalue weighted by Crippen LogP contribution is -2.46. The van der Waals surface area contributed by atoms with Crippen molar-refractivity contribution in [3.8, 4) is 0 Å². The van der Waals surface area contributed by atoms with E-state index in [9.17, 15) is 14.0 Å². The largest absolute Gasteiger partial charge is 0.351 e. The SMILES string of the molecule is O=C(NC1CCCC1)[C@H](c1ccccc1)N(C(=O)c1cccs1)c1cccc(F)c1. The van der Waals surface area contributed by atoms with E-state index in [2.05, 4.69) is 5.32 Å². The predicted octanol–water partition coefficient (Wildman–Crippen LogP) is 5.33. The van der Waals surface area contributed by atoms with Crippen LogP contribution in [0.1, 0.15) is 47.0 Å². The van der Waals surface area contributed by atoms with Crippen LogP contribution in [0.3, 0.4) is 0 Å². The number of hydrogen-bond acceptors (Lipinski definition) is 3. The van der Waals surface area contributed by atoms with Gasteiger partial charge in [0.05, 0.1) is 4.88 Å². The van der Waals surface area contributed by atoms with Crippen LogP contribution in [0, 0.1) is 5.82 Å². The highest BCUT2D eigenvalue weighted by molar-refractivity contribution is 7.12. The van der Waals surface area contributed by atoms with E-state index in [4.69, 9.17) is 0 Å². The molecule has 1 fully saturated rings. The molecule has 1 saturated carbocycles. The number of amides is 2. The number of thiophene rings is 1. The van der Waals surface area contributed by atoms with Crippen molar-refractivity contribution in [3.63, 3.8) is 0 Å². The molecule has 2 amide bonds. The second kappa shape index (κ2) is 9.22. The molecule has 6 heteroatoms. The highest BCUT2D eigenvalue weighted by atomic mass is 32.1. The highest BCUT2D eigenvalue weighted by Crippen LogP contribution is 2.32. The molecule has 4 nitrogen and oxygen atoms in total. The lowest BCUT2D eigenvalue weighted by atomic mass is 10.0. The zero-order valence-corrected chi connectivity index (χ0v) is 17.3. The Morgan fingerprint density at radius 1 is 1.00 bits per heavy atom. The number of nitrogens with zero attached hydrogens (tertiary/aromatic N) is 1. The second-order valence-corrected chi connectivity index (χ2v) is 8.38. The van der Waals surface area contributed by atoms with Crippen LogP contribution in [-0.4, -0.2) is 17.9 Å².